The van der Waals surface area contributed by atoms with Gasteiger partial charge in [-0.25, -0.2) is 0 Å². The monoisotopic (exact) mass is 281 g/mol. The molecule has 0 fully saturated rings. The molecule has 0 atom stereocenters. The molecule has 0 saturated heterocycles. The normalized spacial score (nSPS) is 9.00. The first kappa shape index (κ1) is 14.4. The summed E-state index contributed by atoms with van der Waals surface area (Å²) in [7, 11) is -1.74. The number of benzene rings is 1. The van der Waals surface area contributed by atoms with Crippen molar-refractivity contribution in [3.8, 4) is 12.1 Å². The van der Waals surface area contributed by atoms with E-state index in [0.717, 1.165) is 6.20 Å². The first-order chi connectivity index (χ1) is 8.49. The summed E-state index contributed by atoms with van der Waals surface area (Å²) in [5, 5.41) is 38.2. The third kappa shape index (κ3) is 3.40. The maximum absolute atomic E-state index is 9.07. The second-order valence-electron chi connectivity index (χ2n) is 3.15. The third-order valence-electron chi connectivity index (χ3n) is 1.98. The van der Waals surface area contributed by atoms with E-state index in [1.807, 2.05) is 0 Å². The summed E-state index contributed by atoms with van der Waals surface area (Å²) >= 11 is 11.6. The molecule has 0 unspecified atom stereocenters. The third-order valence-corrected chi connectivity index (χ3v) is 2.62. The van der Waals surface area contributed by atoms with Crippen LogP contribution in [0.15, 0.2) is 23.9 Å². The molecule has 1 rings (SSSR count). The van der Waals surface area contributed by atoms with Gasteiger partial charge in [0.15, 0.2) is 0 Å². The minimum absolute atomic E-state index is 0.0624. The zero-order valence-electron chi connectivity index (χ0n) is 8.85. The van der Waals surface area contributed by atoms with Crippen molar-refractivity contribution in [2.75, 3.05) is 5.32 Å². The zero-order chi connectivity index (χ0) is 13.7. The Morgan fingerprint density at radius 2 is 1.83 bits per heavy atom. The molecule has 0 radical (unpaired) electrons. The summed E-state index contributed by atoms with van der Waals surface area (Å²) in [5.41, 5.74) is 0.215. The van der Waals surface area contributed by atoms with Crippen molar-refractivity contribution in [2.45, 2.75) is 0 Å². The minimum atomic E-state index is -1.74. The van der Waals surface area contributed by atoms with E-state index in [-0.39, 0.29) is 21.1 Å². The van der Waals surface area contributed by atoms with Gasteiger partial charge in [0, 0.05) is 16.7 Å². The lowest BCUT2D eigenvalue weighted by Crippen LogP contribution is -2.31. The highest BCUT2D eigenvalue weighted by atomic mass is 35.5. The Balaban J connectivity index is 3.12. The van der Waals surface area contributed by atoms with Crippen molar-refractivity contribution in [3.63, 3.8) is 0 Å². The first-order valence-corrected chi connectivity index (χ1v) is 5.37. The van der Waals surface area contributed by atoms with Crippen LogP contribution in [0.25, 0.3) is 0 Å². The van der Waals surface area contributed by atoms with Gasteiger partial charge in [0.1, 0.15) is 17.7 Å². The van der Waals surface area contributed by atoms with E-state index in [2.05, 4.69) is 5.32 Å². The number of halogens is 2. The number of hydrogen-bond acceptors (Lipinski definition) is 5. The molecule has 18 heavy (non-hydrogen) atoms. The van der Waals surface area contributed by atoms with Gasteiger partial charge in [-0.05, 0) is 12.1 Å². The molecule has 0 aromatic heterocycles. The van der Waals surface area contributed by atoms with Gasteiger partial charge in [-0.3, -0.25) is 0 Å². The summed E-state index contributed by atoms with van der Waals surface area (Å²) in [6.07, 6.45) is 1.16. The Morgan fingerprint density at radius 1 is 1.22 bits per heavy atom. The lowest BCUT2D eigenvalue weighted by atomic mass is 9.80. The minimum Gasteiger partial charge on any atom is -0.423 e. The fraction of sp³-hybridized carbons (Fsp3) is 0. The van der Waals surface area contributed by atoms with Crippen LogP contribution in [0.5, 0.6) is 0 Å². The van der Waals surface area contributed by atoms with E-state index in [1.165, 1.54) is 12.1 Å². The summed E-state index contributed by atoms with van der Waals surface area (Å²) in [6, 6.07) is 5.96. The summed E-state index contributed by atoms with van der Waals surface area (Å²) in [6.45, 7) is 0. The molecule has 0 aliphatic rings. The van der Waals surface area contributed by atoms with Crippen LogP contribution >= 0.6 is 23.2 Å². The van der Waals surface area contributed by atoms with Crippen molar-refractivity contribution < 1.29 is 10.0 Å². The van der Waals surface area contributed by atoms with E-state index < -0.39 is 7.12 Å². The van der Waals surface area contributed by atoms with Crippen LogP contribution in [-0.2, 0) is 0 Å². The number of nitrogens with zero attached hydrogens (tertiary/aromatic N) is 2. The Hall–Kier alpha value is -1.70. The number of nitriles is 2. The number of allylic oxidation sites excluding steroid dienone is 1. The number of nitrogens with one attached hydrogen (secondary N) is 1. The maximum Gasteiger partial charge on any atom is 0.490 e. The molecule has 0 aliphatic heterocycles. The van der Waals surface area contributed by atoms with Crippen molar-refractivity contribution in [2.24, 2.45) is 0 Å². The quantitative estimate of drug-likeness (QED) is 0.567. The van der Waals surface area contributed by atoms with Gasteiger partial charge >= 0.3 is 7.12 Å². The maximum atomic E-state index is 9.07. The molecule has 1 aromatic rings. The van der Waals surface area contributed by atoms with Crippen LogP contribution in [0.3, 0.4) is 0 Å². The first-order valence-electron chi connectivity index (χ1n) is 4.61. The molecule has 3 N–H and O–H groups in total. The summed E-state index contributed by atoms with van der Waals surface area (Å²) in [4.78, 5) is 0. The molecule has 90 valence electrons. The molecular weight excluding hydrogens is 276 g/mol. The lowest BCUT2D eigenvalue weighted by molar-refractivity contribution is 0.426. The molecule has 5 nitrogen and oxygen atoms in total. The van der Waals surface area contributed by atoms with Crippen molar-refractivity contribution in [1.29, 1.82) is 10.5 Å². The van der Waals surface area contributed by atoms with Gasteiger partial charge in [-0.15, -0.1) is 0 Å². The Morgan fingerprint density at radius 3 is 2.33 bits per heavy atom. The van der Waals surface area contributed by atoms with Gasteiger partial charge < -0.3 is 15.4 Å². The van der Waals surface area contributed by atoms with Crippen molar-refractivity contribution in [3.05, 3.63) is 34.0 Å². The van der Waals surface area contributed by atoms with Gasteiger partial charge in [0.2, 0.25) is 0 Å². The lowest BCUT2D eigenvalue weighted by Gasteiger charge is -2.09. The SMILES string of the molecule is N#CC(C#N)=CNc1cc(B(O)O)c(Cl)cc1Cl. The molecule has 1 aromatic carbocycles. The summed E-state index contributed by atoms with van der Waals surface area (Å²) in [5.74, 6) is 0. The molecule has 0 saturated carbocycles. The standard InChI is InChI=1S/C10H6BCl2N3O2/c12-8-2-9(13)10(1-7(8)11(17)18)16-5-6(3-14)4-15/h1-2,5,16-18H. The van der Waals surface area contributed by atoms with Gasteiger partial charge in [0.05, 0.1) is 10.7 Å². The van der Waals surface area contributed by atoms with Gasteiger partial charge in [-0.2, -0.15) is 10.5 Å². The average molecular weight is 282 g/mol. The Bertz CT molecular complexity index is 560. The summed E-state index contributed by atoms with van der Waals surface area (Å²) < 4.78 is 0. The average Bonchev–Trinajstić information content (AvgIpc) is 2.32. The predicted octanol–water partition coefficient (Wildman–Crippen LogP) is 1.02. The highest BCUT2D eigenvalue weighted by Gasteiger charge is 2.17. The largest absolute Gasteiger partial charge is 0.490 e. The van der Waals surface area contributed by atoms with E-state index in [9.17, 15) is 0 Å². The van der Waals surface area contributed by atoms with Crippen LogP contribution in [0, 0.1) is 22.7 Å². The van der Waals surface area contributed by atoms with E-state index in [0.29, 0.717) is 5.69 Å². The topological polar surface area (TPSA) is 100 Å². The van der Waals surface area contributed by atoms with Crippen LogP contribution in [0.4, 0.5) is 5.69 Å². The van der Waals surface area contributed by atoms with E-state index >= 15 is 0 Å². The van der Waals surface area contributed by atoms with Gasteiger partial charge in [0.25, 0.3) is 0 Å². The molecule has 0 bridgehead atoms. The van der Waals surface area contributed by atoms with Crippen molar-refractivity contribution >= 4 is 41.5 Å². The van der Waals surface area contributed by atoms with Crippen LogP contribution in [0.1, 0.15) is 0 Å². The zero-order valence-corrected chi connectivity index (χ0v) is 10.4. The fourth-order valence-electron chi connectivity index (χ4n) is 1.11. The molecule has 0 aliphatic carbocycles. The molecule has 0 spiro atoms. The molecular formula is C10H6BCl2N3O2. The molecule has 8 heteroatoms. The number of hydrogen-bond donors (Lipinski definition) is 3. The number of anilines is 1. The highest BCUT2D eigenvalue weighted by molar-refractivity contribution is 6.63. The van der Waals surface area contributed by atoms with E-state index in [1.54, 1.807) is 12.1 Å². The van der Waals surface area contributed by atoms with Crippen molar-refractivity contribution in [1.82, 2.24) is 0 Å². The van der Waals surface area contributed by atoms with Crippen LogP contribution < -0.4 is 10.8 Å². The molecule has 0 heterocycles. The second kappa shape index (κ2) is 6.30. The fourth-order valence-corrected chi connectivity index (χ4v) is 1.65. The van der Waals surface area contributed by atoms with Crippen LogP contribution in [-0.4, -0.2) is 17.2 Å². The molecule has 0 amide bonds. The Labute approximate surface area is 114 Å². The smallest absolute Gasteiger partial charge is 0.423 e. The highest BCUT2D eigenvalue weighted by Crippen LogP contribution is 2.24. The van der Waals surface area contributed by atoms with E-state index in [4.69, 9.17) is 43.8 Å². The Kier molecular flexibility index (Phi) is 5.02. The predicted molar refractivity (Wildman–Crippen MR) is 69.2 cm³/mol. The second-order valence-corrected chi connectivity index (χ2v) is 3.97. The number of rotatable bonds is 3. The van der Waals surface area contributed by atoms with Crippen LogP contribution in [0.2, 0.25) is 10.0 Å². The van der Waals surface area contributed by atoms with Gasteiger partial charge in [-0.1, -0.05) is 23.2 Å².